The molecule has 3 aromatic rings. The topological polar surface area (TPSA) is 168 Å². The molecule has 0 aliphatic rings. The van der Waals surface area contributed by atoms with Gasteiger partial charge in [-0.3, -0.25) is 14.6 Å². The number of nitrogens with one attached hydrogen (secondary N) is 2. The number of rotatable bonds is 16. The molecule has 232 valence electrons. The number of halogens is 1. The van der Waals surface area contributed by atoms with E-state index in [1.165, 1.54) is 47.2 Å². The molecule has 0 bridgehead atoms. The van der Waals surface area contributed by atoms with E-state index in [0.29, 0.717) is 31.5 Å². The monoisotopic (exact) mass is 674 g/mol. The number of amides is 2. The number of hydrogen-bond donors (Lipinski definition) is 4. The lowest BCUT2D eigenvalue weighted by Crippen LogP contribution is -2.48. The van der Waals surface area contributed by atoms with Gasteiger partial charge in [-0.2, -0.15) is 4.31 Å². The van der Waals surface area contributed by atoms with Gasteiger partial charge >= 0.3 is 0 Å². The number of carbonyl (C=O) groups is 2. The number of aromatic nitrogens is 2. The van der Waals surface area contributed by atoms with Crippen LogP contribution in [0.4, 0.5) is 5.69 Å². The van der Waals surface area contributed by atoms with Crippen molar-refractivity contribution in [3.8, 4) is 0 Å². The number of nitrogens with zero attached hydrogens (tertiary/aromatic N) is 3. The van der Waals surface area contributed by atoms with E-state index in [9.17, 15) is 23.1 Å². The minimum Gasteiger partial charge on any atom is -0.399 e. The molecule has 1 aromatic heterocycles. The first-order valence-corrected chi connectivity index (χ1v) is 16.3. The first-order chi connectivity index (χ1) is 20.5. The first-order valence-electron chi connectivity index (χ1n) is 14.1. The number of aliphatic hydroxyl groups is 1. The summed E-state index contributed by atoms with van der Waals surface area (Å²) in [5, 5.41) is 15.8. The van der Waals surface area contributed by atoms with E-state index in [1.54, 1.807) is 0 Å². The van der Waals surface area contributed by atoms with Crippen LogP contribution in [0.2, 0.25) is 0 Å². The van der Waals surface area contributed by atoms with Crippen molar-refractivity contribution < 1.29 is 23.1 Å². The van der Waals surface area contributed by atoms with E-state index < -0.39 is 28.0 Å². The van der Waals surface area contributed by atoms with E-state index in [4.69, 9.17) is 5.73 Å². The van der Waals surface area contributed by atoms with Crippen molar-refractivity contribution in [2.24, 2.45) is 5.92 Å². The zero-order chi connectivity index (χ0) is 31.4. The van der Waals surface area contributed by atoms with Crippen molar-refractivity contribution in [2.45, 2.75) is 56.5 Å². The molecule has 43 heavy (non-hydrogen) atoms. The molecular formula is C30H39BrN6O5S. The van der Waals surface area contributed by atoms with E-state index in [1.807, 2.05) is 38.1 Å². The van der Waals surface area contributed by atoms with Gasteiger partial charge in [-0.1, -0.05) is 54.4 Å². The lowest BCUT2D eigenvalue weighted by molar-refractivity contribution is -0.122. The Morgan fingerprint density at radius 2 is 1.79 bits per heavy atom. The zero-order valence-electron chi connectivity index (χ0n) is 24.3. The molecule has 0 fully saturated rings. The second kappa shape index (κ2) is 16.5. The van der Waals surface area contributed by atoms with Crippen LogP contribution < -0.4 is 16.4 Å². The van der Waals surface area contributed by atoms with Crippen LogP contribution in [-0.2, 0) is 21.2 Å². The number of aliphatic hydroxyl groups excluding tert-OH is 1. The van der Waals surface area contributed by atoms with Gasteiger partial charge in [0.1, 0.15) is 11.7 Å². The average molecular weight is 676 g/mol. The number of benzene rings is 2. The smallest absolute Gasteiger partial charge is 0.272 e. The Balaban J connectivity index is 1.62. The van der Waals surface area contributed by atoms with Crippen molar-refractivity contribution >= 4 is 43.5 Å². The molecule has 0 saturated carbocycles. The van der Waals surface area contributed by atoms with Gasteiger partial charge in [0.25, 0.3) is 5.91 Å². The lowest BCUT2D eigenvalue weighted by Gasteiger charge is -2.31. The Labute approximate surface area is 261 Å². The molecule has 0 spiro atoms. The molecule has 2 atom stereocenters. The van der Waals surface area contributed by atoms with Crippen LogP contribution in [0.25, 0.3) is 0 Å². The van der Waals surface area contributed by atoms with Crippen LogP contribution >= 0.6 is 15.9 Å². The summed E-state index contributed by atoms with van der Waals surface area (Å²) in [6.45, 7) is 4.05. The highest BCUT2D eigenvalue weighted by atomic mass is 79.9. The summed E-state index contributed by atoms with van der Waals surface area (Å²) in [6, 6.07) is 12.0. The highest BCUT2D eigenvalue weighted by Crippen LogP contribution is 2.23. The third kappa shape index (κ3) is 10.1. The molecular weight excluding hydrogens is 636 g/mol. The number of carbonyl (C=O) groups excluding carboxylic acids is 2. The van der Waals surface area contributed by atoms with Crippen LogP contribution in [0.1, 0.15) is 49.2 Å². The predicted molar refractivity (Wildman–Crippen MR) is 168 cm³/mol. The summed E-state index contributed by atoms with van der Waals surface area (Å²) >= 11 is 3.50. The van der Waals surface area contributed by atoms with Crippen molar-refractivity contribution in [3.63, 3.8) is 0 Å². The van der Waals surface area contributed by atoms with Crippen LogP contribution in [0.15, 0.2) is 76.5 Å². The number of anilines is 1. The summed E-state index contributed by atoms with van der Waals surface area (Å²) in [5.74, 6) is -0.840. The quantitative estimate of drug-likeness (QED) is 0.133. The fourth-order valence-corrected chi connectivity index (χ4v) is 6.74. The highest BCUT2D eigenvalue weighted by Gasteiger charge is 2.31. The summed E-state index contributed by atoms with van der Waals surface area (Å²) in [4.78, 5) is 34.0. The maximum atomic E-state index is 13.5. The molecule has 2 amide bonds. The van der Waals surface area contributed by atoms with Gasteiger partial charge in [0.15, 0.2) is 0 Å². The molecule has 0 saturated heterocycles. The van der Waals surface area contributed by atoms with Gasteiger partial charge in [0, 0.05) is 48.1 Å². The van der Waals surface area contributed by atoms with Crippen LogP contribution in [0, 0.1) is 5.92 Å². The highest BCUT2D eigenvalue weighted by molar-refractivity contribution is 9.10. The summed E-state index contributed by atoms with van der Waals surface area (Å²) in [5.41, 5.74) is 7.14. The van der Waals surface area contributed by atoms with E-state index in [2.05, 4.69) is 36.5 Å². The van der Waals surface area contributed by atoms with Crippen LogP contribution in [-0.4, -0.2) is 71.4 Å². The third-order valence-electron chi connectivity index (χ3n) is 6.71. The molecule has 2 aromatic carbocycles. The van der Waals surface area contributed by atoms with E-state index >= 15 is 0 Å². The van der Waals surface area contributed by atoms with Gasteiger partial charge in [-0.15, -0.1) is 0 Å². The molecule has 5 N–H and O–H groups in total. The molecule has 13 heteroatoms. The molecule has 1 heterocycles. The minimum atomic E-state index is -3.86. The molecule has 1 unspecified atom stereocenters. The fourth-order valence-electron chi connectivity index (χ4n) is 4.49. The van der Waals surface area contributed by atoms with Gasteiger partial charge in [-0.25, -0.2) is 13.4 Å². The normalized spacial score (nSPS) is 13.1. The van der Waals surface area contributed by atoms with Gasteiger partial charge in [-0.05, 0) is 54.7 Å². The SMILES string of the molecule is CC(C)CN([C@H](CO)CCCCNC(=O)C(Cc1ccccc1Br)NC(=O)c1cnccn1)S(=O)(=O)c1ccc(N)cc1. The Bertz CT molecular complexity index is 1440. The van der Waals surface area contributed by atoms with E-state index in [0.717, 1.165) is 10.0 Å². The Morgan fingerprint density at radius 1 is 1.07 bits per heavy atom. The molecule has 0 aliphatic heterocycles. The maximum absolute atomic E-state index is 13.5. The van der Waals surface area contributed by atoms with Crippen LogP contribution in [0.5, 0.6) is 0 Å². The largest absolute Gasteiger partial charge is 0.399 e. The number of sulfonamides is 1. The van der Waals surface area contributed by atoms with Gasteiger partial charge < -0.3 is 21.5 Å². The van der Waals surface area contributed by atoms with E-state index in [-0.39, 0.29) is 42.0 Å². The van der Waals surface area contributed by atoms with Crippen molar-refractivity contribution in [1.82, 2.24) is 24.9 Å². The van der Waals surface area contributed by atoms with Gasteiger partial charge in [0.05, 0.1) is 17.7 Å². The number of nitrogens with two attached hydrogens (primary N) is 1. The summed E-state index contributed by atoms with van der Waals surface area (Å²) in [7, 11) is -3.86. The number of unbranched alkanes of at least 4 members (excludes halogenated alkanes) is 1. The Hall–Kier alpha value is -3.39. The van der Waals surface area contributed by atoms with Crippen LogP contribution in [0.3, 0.4) is 0 Å². The second-order valence-corrected chi connectivity index (χ2v) is 13.3. The molecule has 0 aliphatic carbocycles. The third-order valence-corrected chi connectivity index (χ3v) is 9.42. The molecule has 3 rings (SSSR count). The average Bonchev–Trinajstić information content (AvgIpc) is 2.99. The lowest BCUT2D eigenvalue weighted by atomic mass is 10.0. The number of nitrogen functional groups attached to an aromatic ring is 1. The maximum Gasteiger partial charge on any atom is 0.272 e. The minimum absolute atomic E-state index is 0.0376. The zero-order valence-corrected chi connectivity index (χ0v) is 26.7. The fraction of sp³-hybridized carbons (Fsp3) is 0.400. The summed E-state index contributed by atoms with van der Waals surface area (Å²) < 4.78 is 29.1. The standard InChI is InChI=1S/C30H39BrN6O5S/c1-21(2)19-37(43(41,42)25-12-10-23(32)11-13-25)24(20-38)8-5-6-14-35-29(39)27(17-22-7-3-4-9-26(22)31)36-30(40)28-18-33-15-16-34-28/h3-4,7,9-13,15-16,18,21,24,27,38H,5-6,8,14,17,19-20,32H2,1-2H3,(H,35,39)(H,36,40)/t24-,27?/m0/s1. The first kappa shape index (κ1) is 34.1. The Morgan fingerprint density at radius 3 is 2.42 bits per heavy atom. The van der Waals surface area contributed by atoms with Gasteiger partial charge in [0.2, 0.25) is 15.9 Å². The van der Waals surface area contributed by atoms with Crippen molar-refractivity contribution in [2.75, 3.05) is 25.4 Å². The number of hydrogen-bond acceptors (Lipinski definition) is 8. The van der Waals surface area contributed by atoms with Crippen molar-refractivity contribution in [3.05, 3.63) is 82.9 Å². The predicted octanol–water partition coefficient (Wildman–Crippen LogP) is 3.16. The van der Waals surface area contributed by atoms with Crippen molar-refractivity contribution in [1.29, 1.82) is 0 Å². The summed E-state index contributed by atoms with van der Waals surface area (Å²) in [6.07, 6.45) is 5.93. The molecule has 0 radical (unpaired) electrons. The Kier molecular flexibility index (Phi) is 13.1. The molecule has 11 nitrogen and oxygen atoms in total. The second-order valence-electron chi connectivity index (χ2n) is 10.6.